The minimum absolute atomic E-state index is 0.854. The average molecular weight is 269 g/mol. The Kier molecular flexibility index (Phi) is 5.13. The van der Waals surface area contributed by atoms with E-state index in [9.17, 15) is 0 Å². The Morgan fingerprint density at radius 2 is 1.90 bits per heavy atom. The maximum absolute atomic E-state index is 4.61. The summed E-state index contributed by atoms with van der Waals surface area (Å²) < 4.78 is 0. The lowest BCUT2D eigenvalue weighted by atomic mass is 10.1. The summed E-state index contributed by atoms with van der Waals surface area (Å²) in [5.74, 6) is 0.953. The Morgan fingerprint density at radius 3 is 2.65 bits per heavy atom. The second-order valence-electron chi connectivity index (χ2n) is 5.21. The van der Waals surface area contributed by atoms with Gasteiger partial charge in [-0.05, 0) is 38.6 Å². The number of benzene rings is 1. The third-order valence-corrected chi connectivity index (χ3v) is 3.13. The molecule has 3 nitrogen and oxygen atoms in total. The Balaban J connectivity index is 1.97. The number of rotatable bonds is 6. The molecule has 0 amide bonds. The molecule has 0 aliphatic rings. The minimum atomic E-state index is 0.854. The number of aryl methyl sites for hydroxylation is 1. The van der Waals surface area contributed by atoms with Crippen LogP contribution in [0.15, 0.2) is 42.5 Å². The van der Waals surface area contributed by atoms with E-state index in [0.717, 1.165) is 31.1 Å². The highest BCUT2D eigenvalue weighted by Crippen LogP contribution is 2.10. The van der Waals surface area contributed by atoms with Crippen molar-refractivity contribution in [3.63, 3.8) is 0 Å². The zero-order chi connectivity index (χ0) is 14.4. The van der Waals surface area contributed by atoms with Crippen molar-refractivity contribution >= 4 is 5.82 Å². The van der Waals surface area contributed by atoms with Gasteiger partial charge in [-0.1, -0.05) is 35.9 Å². The van der Waals surface area contributed by atoms with Crippen LogP contribution < -0.4 is 5.32 Å². The van der Waals surface area contributed by atoms with E-state index in [0.29, 0.717) is 0 Å². The third kappa shape index (κ3) is 4.35. The van der Waals surface area contributed by atoms with Gasteiger partial charge in [-0.3, -0.25) is 4.90 Å². The number of anilines is 1. The summed E-state index contributed by atoms with van der Waals surface area (Å²) in [5.41, 5.74) is 3.75. The van der Waals surface area contributed by atoms with Crippen LogP contribution in [-0.4, -0.2) is 23.5 Å². The van der Waals surface area contributed by atoms with Gasteiger partial charge >= 0.3 is 0 Å². The molecule has 20 heavy (non-hydrogen) atoms. The first-order valence-electron chi connectivity index (χ1n) is 7.11. The summed E-state index contributed by atoms with van der Waals surface area (Å²) in [7, 11) is 2.13. The quantitative estimate of drug-likeness (QED) is 0.870. The topological polar surface area (TPSA) is 28.2 Å². The second-order valence-corrected chi connectivity index (χ2v) is 5.21. The van der Waals surface area contributed by atoms with E-state index >= 15 is 0 Å². The molecule has 1 N–H and O–H groups in total. The maximum Gasteiger partial charge on any atom is 0.126 e. The molecule has 0 spiro atoms. The molecule has 3 heteroatoms. The van der Waals surface area contributed by atoms with Gasteiger partial charge in [-0.15, -0.1) is 0 Å². The van der Waals surface area contributed by atoms with Crippen molar-refractivity contribution in [2.75, 3.05) is 18.9 Å². The van der Waals surface area contributed by atoms with E-state index in [1.165, 1.54) is 11.1 Å². The van der Waals surface area contributed by atoms with Gasteiger partial charge in [0.15, 0.2) is 0 Å². The predicted octanol–water partition coefficient (Wildman–Crippen LogP) is 3.45. The summed E-state index contributed by atoms with van der Waals surface area (Å²) >= 11 is 0. The van der Waals surface area contributed by atoms with E-state index < -0.39 is 0 Å². The van der Waals surface area contributed by atoms with Crippen molar-refractivity contribution in [3.8, 4) is 0 Å². The highest BCUT2D eigenvalue weighted by atomic mass is 15.1. The number of pyridine rings is 1. The summed E-state index contributed by atoms with van der Waals surface area (Å²) in [5, 5.41) is 3.25. The molecule has 0 unspecified atom stereocenters. The van der Waals surface area contributed by atoms with Gasteiger partial charge in [0, 0.05) is 19.6 Å². The van der Waals surface area contributed by atoms with Crippen molar-refractivity contribution in [1.82, 2.24) is 9.88 Å². The van der Waals surface area contributed by atoms with Gasteiger partial charge in [0.05, 0.1) is 5.69 Å². The number of nitrogens with zero attached hydrogens (tertiary/aromatic N) is 2. The molecule has 1 aromatic carbocycles. The first-order chi connectivity index (χ1) is 9.67. The van der Waals surface area contributed by atoms with Crippen molar-refractivity contribution < 1.29 is 0 Å². The molecule has 0 saturated heterocycles. The Bertz CT molecular complexity index is 551. The standard InChI is InChI=1S/C17H23N3/c1-4-18-17-10-6-9-16(19-17)13-20(3)12-15-8-5-7-14(2)11-15/h5-11H,4,12-13H2,1-3H3,(H,18,19). The Morgan fingerprint density at radius 1 is 1.10 bits per heavy atom. The molecule has 0 fully saturated rings. The molecular weight excluding hydrogens is 246 g/mol. The van der Waals surface area contributed by atoms with Crippen LogP contribution in [0.1, 0.15) is 23.7 Å². The number of nitrogens with one attached hydrogen (secondary N) is 1. The zero-order valence-corrected chi connectivity index (χ0v) is 12.6. The molecule has 0 aliphatic heterocycles. The van der Waals surface area contributed by atoms with Gasteiger partial charge < -0.3 is 5.32 Å². The molecular formula is C17H23N3. The van der Waals surface area contributed by atoms with Crippen molar-refractivity contribution in [3.05, 3.63) is 59.3 Å². The van der Waals surface area contributed by atoms with Crippen molar-refractivity contribution in [1.29, 1.82) is 0 Å². The summed E-state index contributed by atoms with van der Waals surface area (Å²) in [4.78, 5) is 6.89. The number of hydrogen-bond acceptors (Lipinski definition) is 3. The lowest BCUT2D eigenvalue weighted by molar-refractivity contribution is 0.315. The number of aromatic nitrogens is 1. The van der Waals surface area contributed by atoms with Gasteiger partial charge in [-0.2, -0.15) is 0 Å². The predicted molar refractivity (Wildman–Crippen MR) is 84.8 cm³/mol. The maximum atomic E-state index is 4.61. The van der Waals surface area contributed by atoms with Gasteiger partial charge in [0.25, 0.3) is 0 Å². The van der Waals surface area contributed by atoms with Crippen LogP contribution in [0.3, 0.4) is 0 Å². The fourth-order valence-corrected chi connectivity index (χ4v) is 2.30. The Labute approximate surface area is 121 Å². The fraction of sp³-hybridized carbons (Fsp3) is 0.353. The lowest BCUT2D eigenvalue weighted by Gasteiger charge is -2.17. The molecule has 0 bridgehead atoms. The van der Waals surface area contributed by atoms with E-state index in [2.05, 4.69) is 72.5 Å². The first kappa shape index (κ1) is 14.5. The second kappa shape index (κ2) is 7.06. The molecule has 0 atom stereocenters. The van der Waals surface area contributed by atoms with E-state index in [4.69, 9.17) is 0 Å². The molecule has 0 saturated carbocycles. The van der Waals surface area contributed by atoms with Gasteiger partial charge in [0.1, 0.15) is 5.82 Å². The van der Waals surface area contributed by atoms with Crippen LogP contribution in [0.5, 0.6) is 0 Å². The normalized spacial score (nSPS) is 10.8. The Hall–Kier alpha value is -1.87. The highest BCUT2D eigenvalue weighted by Gasteiger charge is 2.04. The van der Waals surface area contributed by atoms with Crippen LogP contribution >= 0.6 is 0 Å². The van der Waals surface area contributed by atoms with Crippen molar-refractivity contribution in [2.24, 2.45) is 0 Å². The molecule has 106 valence electrons. The smallest absolute Gasteiger partial charge is 0.126 e. The van der Waals surface area contributed by atoms with Crippen molar-refractivity contribution in [2.45, 2.75) is 26.9 Å². The van der Waals surface area contributed by atoms with Gasteiger partial charge in [0.2, 0.25) is 0 Å². The van der Waals surface area contributed by atoms with Crippen LogP contribution in [0.4, 0.5) is 5.82 Å². The molecule has 1 heterocycles. The van der Waals surface area contributed by atoms with Crippen LogP contribution in [0, 0.1) is 6.92 Å². The molecule has 1 aromatic heterocycles. The first-order valence-corrected chi connectivity index (χ1v) is 7.11. The summed E-state index contributed by atoms with van der Waals surface area (Å²) in [6.07, 6.45) is 0. The summed E-state index contributed by atoms with van der Waals surface area (Å²) in [6, 6.07) is 14.8. The average Bonchev–Trinajstić information content (AvgIpc) is 2.39. The van der Waals surface area contributed by atoms with Crippen LogP contribution in [0.2, 0.25) is 0 Å². The number of hydrogen-bond donors (Lipinski definition) is 1. The van der Waals surface area contributed by atoms with E-state index in [1.807, 2.05) is 6.07 Å². The lowest BCUT2D eigenvalue weighted by Crippen LogP contribution is -2.18. The van der Waals surface area contributed by atoms with Gasteiger partial charge in [-0.25, -0.2) is 4.98 Å². The van der Waals surface area contributed by atoms with Crippen LogP contribution in [-0.2, 0) is 13.1 Å². The fourth-order valence-electron chi connectivity index (χ4n) is 2.30. The zero-order valence-electron chi connectivity index (χ0n) is 12.6. The molecule has 2 aromatic rings. The molecule has 2 rings (SSSR count). The third-order valence-electron chi connectivity index (χ3n) is 3.13. The monoisotopic (exact) mass is 269 g/mol. The molecule has 0 radical (unpaired) electrons. The van der Waals surface area contributed by atoms with Crippen LogP contribution in [0.25, 0.3) is 0 Å². The highest BCUT2D eigenvalue weighted by molar-refractivity contribution is 5.35. The van der Waals surface area contributed by atoms with E-state index in [1.54, 1.807) is 0 Å². The minimum Gasteiger partial charge on any atom is -0.370 e. The van der Waals surface area contributed by atoms with E-state index in [-0.39, 0.29) is 0 Å². The molecule has 0 aliphatic carbocycles. The SMILES string of the molecule is CCNc1cccc(CN(C)Cc2cccc(C)c2)n1. The largest absolute Gasteiger partial charge is 0.370 e. The summed E-state index contributed by atoms with van der Waals surface area (Å²) in [6.45, 7) is 6.90.